The number of amides is 1. The lowest BCUT2D eigenvalue weighted by Crippen LogP contribution is -2.48. The molecule has 1 aromatic rings. The van der Waals surface area contributed by atoms with Crippen LogP contribution in [0.4, 0.5) is 0 Å². The van der Waals surface area contributed by atoms with E-state index in [4.69, 9.17) is 4.74 Å². The number of carbonyl (C=O) groups excluding carboxylic acids is 1. The molecule has 3 aliphatic rings. The molecule has 0 radical (unpaired) electrons. The molecule has 2 atom stereocenters. The molecule has 0 bridgehead atoms. The number of hydrogen-bond acceptors (Lipinski definition) is 2. The fraction of sp³-hybridized carbons (Fsp3) is 0.650. The third kappa shape index (κ3) is 2.69. The molecule has 0 unspecified atom stereocenters. The summed E-state index contributed by atoms with van der Waals surface area (Å²) < 4.78 is 6.26. The topological polar surface area (TPSA) is 29.5 Å². The van der Waals surface area contributed by atoms with E-state index in [0.717, 1.165) is 45.4 Å². The van der Waals surface area contributed by atoms with Crippen LogP contribution in [0.5, 0.6) is 0 Å². The molecular formula is C20H27NO2. The molecule has 3 nitrogen and oxygen atoms in total. The van der Waals surface area contributed by atoms with Crippen molar-refractivity contribution in [3.05, 3.63) is 35.4 Å². The molecule has 1 amide bonds. The third-order valence-electron chi connectivity index (χ3n) is 6.04. The summed E-state index contributed by atoms with van der Waals surface area (Å²) in [6, 6.07) is 8.70. The molecule has 1 saturated carbocycles. The molecule has 3 heteroatoms. The number of rotatable bonds is 3. The summed E-state index contributed by atoms with van der Waals surface area (Å²) >= 11 is 0. The van der Waals surface area contributed by atoms with Crippen molar-refractivity contribution in [1.29, 1.82) is 0 Å². The van der Waals surface area contributed by atoms with Crippen LogP contribution >= 0.6 is 0 Å². The summed E-state index contributed by atoms with van der Waals surface area (Å²) in [5.41, 5.74) is 2.66. The Hall–Kier alpha value is -1.35. The Morgan fingerprint density at radius 1 is 1.30 bits per heavy atom. The van der Waals surface area contributed by atoms with Crippen molar-refractivity contribution >= 4 is 5.91 Å². The van der Waals surface area contributed by atoms with E-state index < -0.39 is 0 Å². The van der Waals surface area contributed by atoms with Crippen LogP contribution in [0.2, 0.25) is 0 Å². The molecule has 2 heterocycles. The van der Waals surface area contributed by atoms with Gasteiger partial charge in [0.25, 0.3) is 0 Å². The van der Waals surface area contributed by atoms with Crippen molar-refractivity contribution in [3.63, 3.8) is 0 Å². The van der Waals surface area contributed by atoms with Crippen LogP contribution < -0.4 is 0 Å². The van der Waals surface area contributed by atoms with Gasteiger partial charge in [-0.3, -0.25) is 4.79 Å². The van der Waals surface area contributed by atoms with Gasteiger partial charge >= 0.3 is 0 Å². The lowest BCUT2D eigenvalue weighted by molar-refractivity contribution is -0.142. The van der Waals surface area contributed by atoms with Crippen LogP contribution in [0.1, 0.15) is 50.2 Å². The monoisotopic (exact) mass is 313 g/mol. The highest BCUT2D eigenvalue weighted by molar-refractivity contribution is 5.81. The standard InChI is InChI=1S/C20H27NO2/c1-2-5-16-14-17(16)19(22)21-11-9-20(10-12-21)18-7-4-3-6-15(18)8-13-23-20/h3-4,6-7,16-17H,2,5,8-14H2,1H3/t16-,17-/m1/s1. The Labute approximate surface area is 139 Å². The van der Waals surface area contributed by atoms with Crippen LogP contribution in [0, 0.1) is 11.8 Å². The minimum atomic E-state index is -0.141. The van der Waals surface area contributed by atoms with Crippen LogP contribution in [0.25, 0.3) is 0 Å². The van der Waals surface area contributed by atoms with E-state index in [-0.39, 0.29) is 5.60 Å². The number of fused-ring (bicyclic) bond motifs is 2. The van der Waals surface area contributed by atoms with Gasteiger partial charge in [-0.05, 0) is 49.1 Å². The first-order valence-corrected chi connectivity index (χ1v) is 9.24. The molecule has 0 aromatic heterocycles. The lowest BCUT2D eigenvalue weighted by Gasteiger charge is -2.45. The fourth-order valence-corrected chi connectivity index (χ4v) is 4.59. The zero-order valence-electron chi connectivity index (χ0n) is 14.1. The Bertz CT molecular complexity index is 589. The number of likely N-dealkylation sites (tertiary alicyclic amines) is 1. The molecule has 1 aromatic carbocycles. The minimum Gasteiger partial charge on any atom is -0.370 e. The summed E-state index contributed by atoms with van der Waals surface area (Å²) in [7, 11) is 0. The Morgan fingerprint density at radius 2 is 2.09 bits per heavy atom. The normalized spacial score (nSPS) is 28.5. The van der Waals surface area contributed by atoms with Gasteiger partial charge in [-0.15, -0.1) is 0 Å². The van der Waals surface area contributed by atoms with Crippen LogP contribution in [0.3, 0.4) is 0 Å². The van der Waals surface area contributed by atoms with E-state index in [1.54, 1.807) is 0 Å². The van der Waals surface area contributed by atoms with E-state index >= 15 is 0 Å². The van der Waals surface area contributed by atoms with Gasteiger partial charge in [-0.25, -0.2) is 0 Å². The number of ether oxygens (including phenoxy) is 1. The highest BCUT2D eigenvalue weighted by Gasteiger charge is 2.47. The van der Waals surface area contributed by atoms with Gasteiger partial charge < -0.3 is 9.64 Å². The Balaban J connectivity index is 1.43. The highest BCUT2D eigenvalue weighted by Crippen LogP contribution is 2.45. The van der Waals surface area contributed by atoms with E-state index in [1.807, 2.05) is 0 Å². The smallest absolute Gasteiger partial charge is 0.225 e. The van der Waals surface area contributed by atoms with Crippen molar-refractivity contribution in [2.45, 2.75) is 51.0 Å². The maximum absolute atomic E-state index is 12.6. The van der Waals surface area contributed by atoms with Crippen LogP contribution in [0.15, 0.2) is 24.3 Å². The van der Waals surface area contributed by atoms with Gasteiger partial charge in [-0.2, -0.15) is 0 Å². The second-order valence-electron chi connectivity index (χ2n) is 7.47. The van der Waals surface area contributed by atoms with E-state index in [1.165, 1.54) is 24.0 Å². The van der Waals surface area contributed by atoms with Gasteiger partial charge in [-0.1, -0.05) is 37.6 Å². The number of carbonyl (C=O) groups is 1. The molecule has 1 spiro atoms. The van der Waals surface area contributed by atoms with E-state index in [9.17, 15) is 4.79 Å². The Morgan fingerprint density at radius 3 is 2.87 bits per heavy atom. The molecule has 0 N–H and O–H groups in total. The molecule has 1 saturated heterocycles. The third-order valence-corrected chi connectivity index (χ3v) is 6.04. The second kappa shape index (κ2) is 5.94. The minimum absolute atomic E-state index is 0.141. The maximum Gasteiger partial charge on any atom is 0.225 e. The largest absolute Gasteiger partial charge is 0.370 e. The highest BCUT2D eigenvalue weighted by atomic mass is 16.5. The summed E-state index contributed by atoms with van der Waals surface area (Å²) in [4.78, 5) is 14.8. The summed E-state index contributed by atoms with van der Waals surface area (Å²) in [5.74, 6) is 1.39. The number of benzene rings is 1. The van der Waals surface area contributed by atoms with E-state index in [0.29, 0.717) is 17.7 Å². The molecule has 23 heavy (non-hydrogen) atoms. The summed E-state index contributed by atoms with van der Waals surface area (Å²) in [5, 5.41) is 0. The number of hydrogen-bond donors (Lipinski definition) is 0. The van der Waals surface area contributed by atoms with Gasteiger partial charge in [0.15, 0.2) is 0 Å². The predicted octanol–water partition coefficient (Wildman–Crippen LogP) is 3.51. The molecule has 124 valence electrons. The molecule has 2 fully saturated rings. The second-order valence-corrected chi connectivity index (χ2v) is 7.47. The zero-order valence-corrected chi connectivity index (χ0v) is 14.1. The van der Waals surface area contributed by atoms with Crippen molar-refractivity contribution in [1.82, 2.24) is 4.90 Å². The van der Waals surface area contributed by atoms with Gasteiger partial charge in [0.05, 0.1) is 12.2 Å². The first-order chi connectivity index (χ1) is 11.2. The fourth-order valence-electron chi connectivity index (χ4n) is 4.59. The predicted molar refractivity (Wildman–Crippen MR) is 90.1 cm³/mol. The summed E-state index contributed by atoms with van der Waals surface area (Å²) in [6.07, 6.45) is 6.43. The zero-order chi connectivity index (χ0) is 15.9. The SMILES string of the molecule is CCC[C@@H]1C[C@H]1C(=O)N1CCC2(CC1)OCCc1ccccc12. The van der Waals surface area contributed by atoms with Gasteiger partial charge in [0, 0.05) is 19.0 Å². The van der Waals surface area contributed by atoms with Crippen molar-refractivity contribution in [2.75, 3.05) is 19.7 Å². The van der Waals surface area contributed by atoms with Crippen LogP contribution in [-0.2, 0) is 21.6 Å². The molecule has 1 aliphatic carbocycles. The number of piperidine rings is 1. The molecule has 2 aliphatic heterocycles. The first-order valence-electron chi connectivity index (χ1n) is 9.24. The van der Waals surface area contributed by atoms with Crippen molar-refractivity contribution < 1.29 is 9.53 Å². The quantitative estimate of drug-likeness (QED) is 0.854. The average molecular weight is 313 g/mol. The lowest BCUT2D eigenvalue weighted by atomic mass is 9.79. The Kier molecular flexibility index (Phi) is 3.92. The van der Waals surface area contributed by atoms with Crippen molar-refractivity contribution in [3.8, 4) is 0 Å². The maximum atomic E-state index is 12.6. The molecular weight excluding hydrogens is 286 g/mol. The van der Waals surface area contributed by atoms with E-state index in [2.05, 4.69) is 36.1 Å². The van der Waals surface area contributed by atoms with Crippen LogP contribution in [-0.4, -0.2) is 30.5 Å². The van der Waals surface area contributed by atoms with Crippen molar-refractivity contribution in [2.24, 2.45) is 11.8 Å². The first kappa shape index (κ1) is 15.2. The van der Waals surface area contributed by atoms with Gasteiger partial charge in [0.1, 0.15) is 0 Å². The molecule has 4 rings (SSSR count). The average Bonchev–Trinajstić information content (AvgIpc) is 3.35. The van der Waals surface area contributed by atoms with Gasteiger partial charge in [0.2, 0.25) is 5.91 Å². The number of nitrogens with zero attached hydrogens (tertiary/aromatic N) is 1. The summed E-state index contributed by atoms with van der Waals surface area (Å²) in [6.45, 7) is 4.72.